The van der Waals surface area contributed by atoms with Crippen molar-refractivity contribution in [2.24, 2.45) is 5.41 Å². The number of hydrogen-bond acceptors (Lipinski definition) is 5. The van der Waals surface area contributed by atoms with Gasteiger partial charge in [0, 0.05) is 32.9 Å². The maximum Gasteiger partial charge on any atom is 0.257 e. The molecule has 2 aromatic carbocycles. The highest BCUT2D eigenvalue weighted by molar-refractivity contribution is 9.10. The van der Waals surface area contributed by atoms with Crippen molar-refractivity contribution in [2.45, 2.75) is 25.1 Å². The highest BCUT2D eigenvalue weighted by Crippen LogP contribution is 2.52. The van der Waals surface area contributed by atoms with E-state index >= 15 is 4.39 Å². The fourth-order valence-electron chi connectivity index (χ4n) is 4.25. The summed E-state index contributed by atoms with van der Waals surface area (Å²) in [6, 6.07) is 9.63. The zero-order valence-corrected chi connectivity index (χ0v) is 20.9. The molecule has 1 fully saturated rings. The lowest BCUT2D eigenvalue weighted by Gasteiger charge is -2.40. The molecular weight excluding hydrogens is 548 g/mol. The van der Waals surface area contributed by atoms with Crippen molar-refractivity contribution in [1.29, 1.82) is 0 Å². The third kappa shape index (κ3) is 4.01. The Morgan fingerprint density at radius 3 is 2.41 bits per heavy atom. The Morgan fingerprint density at radius 1 is 1.12 bits per heavy atom. The van der Waals surface area contributed by atoms with Gasteiger partial charge in [0.25, 0.3) is 5.91 Å². The molecule has 5 rings (SSSR count). The van der Waals surface area contributed by atoms with E-state index in [0.29, 0.717) is 25.9 Å². The van der Waals surface area contributed by atoms with Crippen molar-refractivity contribution in [3.63, 3.8) is 0 Å². The van der Waals surface area contributed by atoms with Crippen molar-refractivity contribution in [3.05, 3.63) is 91.6 Å². The number of amides is 1. The number of halogens is 4. The van der Waals surface area contributed by atoms with Crippen molar-refractivity contribution in [3.8, 4) is 0 Å². The van der Waals surface area contributed by atoms with Gasteiger partial charge in [-0.3, -0.25) is 9.69 Å². The third-order valence-electron chi connectivity index (χ3n) is 6.34. The second-order valence-corrected chi connectivity index (χ2v) is 10.4. The van der Waals surface area contributed by atoms with E-state index in [2.05, 4.69) is 25.9 Å². The highest BCUT2D eigenvalue weighted by Gasteiger charge is 2.56. The molecule has 3 aromatic rings. The van der Waals surface area contributed by atoms with Gasteiger partial charge < -0.3 is 9.84 Å². The van der Waals surface area contributed by atoms with Crippen molar-refractivity contribution < 1.29 is 19.0 Å². The van der Waals surface area contributed by atoms with Crippen LogP contribution >= 0.6 is 39.1 Å². The minimum atomic E-state index is -1.62. The second-order valence-electron chi connectivity index (χ2n) is 8.62. The number of rotatable bonds is 7. The smallest absolute Gasteiger partial charge is 0.257 e. The molecule has 34 heavy (non-hydrogen) atoms. The Balaban J connectivity index is 1.71. The average molecular weight is 567 g/mol. The van der Waals surface area contributed by atoms with Gasteiger partial charge in [0.1, 0.15) is 11.6 Å². The van der Waals surface area contributed by atoms with Gasteiger partial charge in [-0.05, 0) is 37.1 Å². The maximum atomic E-state index is 15.7. The fourth-order valence-corrected chi connectivity index (χ4v) is 4.90. The number of carbonyl (C=O) groups is 1. The number of ether oxygens (including phenoxy) is 1. The summed E-state index contributed by atoms with van der Waals surface area (Å²) in [5.74, 6) is -0.714. The summed E-state index contributed by atoms with van der Waals surface area (Å²) in [7, 11) is 0. The number of aromatic nitrogens is 2. The zero-order chi connectivity index (χ0) is 24.1. The Labute approximate surface area is 213 Å². The molecule has 0 saturated heterocycles. The van der Waals surface area contributed by atoms with E-state index < -0.39 is 22.9 Å². The highest BCUT2D eigenvalue weighted by atomic mass is 79.9. The van der Waals surface area contributed by atoms with Crippen molar-refractivity contribution in [1.82, 2.24) is 14.9 Å². The molecule has 1 atom stereocenters. The van der Waals surface area contributed by atoms with E-state index in [1.54, 1.807) is 30.3 Å². The van der Waals surface area contributed by atoms with Crippen LogP contribution in [-0.2, 0) is 17.0 Å². The molecule has 1 unspecified atom stereocenters. The summed E-state index contributed by atoms with van der Waals surface area (Å²) in [4.78, 5) is 23.6. The Kier molecular flexibility index (Phi) is 6.14. The molecule has 2 aliphatic rings. The van der Waals surface area contributed by atoms with Crippen LogP contribution in [0.5, 0.6) is 0 Å². The zero-order valence-electron chi connectivity index (χ0n) is 17.8. The molecule has 176 valence electrons. The Morgan fingerprint density at radius 2 is 1.79 bits per heavy atom. The Bertz CT molecular complexity index is 1260. The lowest BCUT2D eigenvalue weighted by Crippen LogP contribution is -2.48. The topological polar surface area (TPSA) is 75.6 Å². The van der Waals surface area contributed by atoms with E-state index in [1.165, 1.54) is 23.4 Å². The fraction of sp³-hybridized carbons (Fsp3) is 0.292. The van der Waals surface area contributed by atoms with E-state index in [-0.39, 0.29) is 30.9 Å². The van der Waals surface area contributed by atoms with Crippen LogP contribution in [0.3, 0.4) is 0 Å². The molecule has 10 heteroatoms. The van der Waals surface area contributed by atoms with Crippen LogP contribution in [0.25, 0.3) is 0 Å². The molecule has 1 aromatic heterocycles. The predicted molar refractivity (Wildman–Crippen MR) is 128 cm³/mol. The van der Waals surface area contributed by atoms with Crippen LogP contribution in [0.15, 0.2) is 53.3 Å². The van der Waals surface area contributed by atoms with Gasteiger partial charge in [-0.15, -0.1) is 0 Å². The maximum absolute atomic E-state index is 15.7. The molecule has 6 nitrogen and oxygen atoms in total. The van der Waals surface area contributed by atoms with Crippen molar-refractivity contribution in [2.75, 3.05) is 13.2 Å². The van der Waals surface area contributed by atoms with Gasteiger partial charge in [0.05, 0.1) is 35.9 Å². The summed E-state index contributed by atoms with van der Waals surface area (Å²) in [6.45, 7) is 0.0104. The molecular formula is C24H19BrCl2FN3O3. The normalized spacial score (nSPS) is 20.5. The summed E-state index contributed by atoms with van der Waals surface area (Å²) >= 11 is 15.4. The molecule has 0 radical (unpaired) electrons. The van der Waals surface area contributed by atoms with E-state index in [1.807, 2.05) is 0 Å². The molecule has 2 heterocycles. The van der Waals surface area contributed by atoms with Gasteiger partial charge in [0.15, 0.2) is 5.72 Å². The number of aliphatic hydroxyl groups is 1. The van der Waals surface area contributed by atoms with Crippen molar-refractivity contribution >= 4 is 45.0 Å². The number of carbonyl (C=O) groups excluding carboxylic acids is 1. The number of hydrogen-bond donors (Lipinski definition) is 1. The van der Waals surface area contributed by atoms with Gasteiger partial charge >= 0.3 is 0 Å². The number of aliphatic hydroxyl groups excluding tert-OH is 1. The first-order chi connectivity index (χ1) is 16.3. The van der Waals surface area contributed by atoms with Crippen LogP contribution in [0, 0.1) is 11.2 Å². The quantitative estimate of drug-likeness (QED) is 0.418. The minimum absolute atomic E-state index is 0.0590. The summed E-state index contributed by atoms with van der Waals surface area (Å²) < 4.78 is 22.6. The molecule has 1 saturated carbocycles. The van der Waals surface area contributed by atoms with Crippen LogP contribution < -0.4 is 0 Å². The van der Waals surface area contributed by atoms with Crippen LogP contribution in [0.2, 0.25) is 10.0 Å². The van der Waals surface area contributed by atoms with Gasteiger partial charge in [-0.1, -0.05) is 51.3 Å². The summed E-state index contributed by atoms with van der Waals surface area (Å²) in [6.07, 6.45) is 4.43. The lowest BCUT2D eigenvalue weighted by molar-refractivity contribution is -0.131. The minimum Gasteiger partial charge on any atom is -0.396 e. The number of benzene rings is 2. The summed E-state index contributed by atoms with van der Waals surface area (Å²) in [5.41, 5.74) is -1.24. The molecule has 1 amide bonds. The first-order valence-corrected chi connectivity index (χ1v) is 12.1. The van der Waals surface area contributed by atoms with Gasteiger partial charge in [-0.2, -0.15) is 0 Å². The SMILES string of the molecule is O=C1c2cc(Br)cc(F)c2C(OCC2(CO)CC2)(c2ccc(Cl)cc2)N1Cc1ncc(Cl)cn1. The molecule has 0 bridgehead atoms. The number of nitrogens with zero attached hydrogens (tertiary/aromatic N) is 3. The van der Waals surface area contributed by atoms with Gasteiger partial charge in [-0.25, -0.2) is 14.4 Å². The average Bonchev–Trinajstić information content (AvgIpc) is 3.56. The van der Waals surface area contributed by atoms with Crippen LogP contribution in [0.1, 0.15) is 40.2 Å². The Hall–Kier alpha value is -2.10. The van der Waals surface area contributed by atoms with E-state index in [4.69, 9.17) is 27.9 Å². The number of fused-ring (bicyclic) bond motifs is 1. The third-order valence-corrected chi connectivity index (χ3v) is 7.24. The molecule has 1 aliphatic carbocycles. The van der Waals surface area contributed by atoms with Crippen LogP contribution in [-0.4, -0.2) is 39.1 Å². The molecule has 0 spiro atoms. The molecule has 1 N–H and O–H groups in total. The van der Waals surface area contributed by atoms with Crippen LogP contribution in [0.4, 0.5) is 4.39 Å². The van der Waals surface area contributed by atoms with Gasteiger partial charge in [0.2, 0.25) is 0 Å². The standard InChI is InChI=1S/C24H19BrCl2FN3O3/c25-15-7-18-21(19(28)8-15)24(14-1-3-16(26)4-2-14,34-13-23(12-32)5-6-23)31(22(18)33)11-20-29-9-17(27)10-30-20/h1-4,7-10,32H,5-6,11-13H2. The summed E-state index contributed by atoms with van der Waals surface area (Å²) in [5, 5.41) is 10.7. The lowest BCUT2D eigenvalue weighted by atomic mass is 9.92. The molecule has 1 aliphatic heterocycles. The first-order valence-electron chi connectivity index (χ1n) is 10.6. The monoisotopic (exact) mass is 565 g/mol. The largest absolute Gasteiger partial charge is 0.396 e. The second kappa shape index (κ2) is 8.84. The van der Waals surface area contributed by atoms with E-state index in [0.717, 1.165) is 12.8 Å². The first kappa shape index (κ1) is 23.6. The predicted octanol–water partition coefficient (Wildman–Crippen LogP) is 5.33. The van der Waals surface area contributed by atoms with E-state index in [9.17, 15) is 9.90 Å².